The van der Waals surface area contributed by atoms with Crippen molar-refractivity contribution in [3.05, 3.63) is 82.6 Å². The van der Waals surface area contributed by atoms with Crippen LogP contribution in [-0.2, 0) is 6.42 Å². The molecule has 5 nitrogen and oxygen atoms in total. The van der Waals surface area contributed by atoms with Gasteiger partial charge in [0.25, 0.3) is 0 Å². The van der Waals surface area contributed by atoms with Crippen LogP contribution in [0.15, 0.2) is 47.4 Å². The van der Waals surface area contributed by atoms with E-state index in [9.17, 15) is 0 Å². The molecule has 0 aliphatic carbocycles. The standard InChI is InChI=1S/C30H31FN3O2.Pb/c1-6-7-28-34-26-9-8-21(14-27(26)36-28)20(5)32-11-10-22-15-23-19(4)16-35-30(23)29(33-22)24-12-17(2)18(3)13-25(24)31;/h8-10,12-15,19,32H,5-7,11,16H2,1-4H3;. The van der Waals surface area contributed by atoms with Gasteiger partial charge in [0.1, 0.15) is 0 Å². The monoisotopic (exact) mass is 692 g/mol. The van der Waals surface area contributed by atoms with Gasteiger partial charge in [-0.15, -0.1) is 0 Å². The van der Waals surface area contributed by atoms with Crippen molar-refractivity contribution in [3.63, 3.8) is 0 Å². The molecule has 0 amide bonds. The van der Waals surface area contributed by atoms with Crippen molar-refractivity contribution in [2.75, 3.05) is 13.2 Å². The van der Waals surface area contributed by atoms with E-state index in [0.29, 0.717) is 30.2 Å². The Morgan fingerprint density at radius 2 is 1.97 bits per heavy atom. The van der Waals surface area contributed by atoms with Crippen LogP contribution >= 0.6 is 0 Å². The molecule has 1 N–H and O–H groups in total. The molecule has 2 aromatic heterocycles. The molecule has 2 unspecified atom stereocenters. The number of oxazole rings is 1. The van der Waals surface area contributed by atoms with Crippen molar-refractivity contribution in [2.24, 2.45) is 0 Å². The van der Waals surface area contributed by atoms with Gasteiger partial charge in [-0.3, -0.25) is 0 Å². The van der Waals surface area contributed by atoms with E-state index in [0.717, 1.165) is 89.2 Å². The van der Waals surface area contributed by atoms with E-state index in [2.05, 4.69) is 36.8 Å². The first kappa shape index (κ1) is 25.9. The van der Waals surface area contributed by atoms with Crippen molar-refractivity contribution in [1.82, 2.24) is 15.3 Å². The van der Waals surface area contributed by atoms with E-state index in [1.54, 1.807) is 6.07 Å². The number of halogens is 1. The Bertz CT molecular complexity index is 1500. The van der Waals surface area contributed by atoms with Crippen LogP contribution in [0.25, 0.3) is 28.1 Å². The van der Waals surface area contributed by atoms with E-state index in [1.807, 2.05) is 38.1 Å². The molecule has 7 heteroatoms. The van der Waals surface area contributed by atoms with Crippen molar-refractivity contribution in [2.45, 2.75) is 49.9 Å². The van der Waals surface area contributed by atoms with Gasteiger partial charge in [0, 0.05) is 0 Å². The molecule has 189 valence electrons. The zero-order chi connectivity index (χ0) is 26.3. The number of nitrogens with one attached hydrogen (secondary N) is 1. The van der Waals surface area contributed by atoms with Crippen molar-refractivity contribution >= 4 is 42.6 Å². The van der Waals surface area contributed by atoms with Crippen LogP contribution in [0.1, 0.15) is 63.5 Å². The Kier molecular flexibility index (Phi) is 7.38. The van der Waals surface area contributed by atoms with Crippen LogP contribution in [0.4, 0.5) is 4.39 Å². The molecule has 0 fully saturated rings. The summed E-state index contributed by atoms with van der Waals surface area (Å²) in [5.41, 5.74) is 8.59. The second-order valence-corrected chi connectivity index (χ2v) is 12.6. The number of hydrogen-bond acceptors (Lipinski definition) is 5. The first-order valence-corrected chi connectivity index (χ1v) is 15.0. The number of aryl methyl sites for hydroxylation is 3. The maximum atomic E-state index is 15.1. The van der Waals surface area contributed by atoms with Crippen LogP contribution in [-0.4, -0.2) is 48.9 Å². The zero-order valence-corrected chi connectivity index (χ0v) is 25.6. The minimum absolute atomic E-state index is 0.202. The minimum atomic E-state index is -0.264. The summed E-state index contributed by atoms with van der Waals surface area (Å²) in [5.74, 6) is 1.46. The van der Waals surface area contributed by atoms with Crippen LogP contribution < -0.4 is 10.1 Å². The molecular formula is C30H31FN3O2Pb. The van der Waals surface area contributed by atoms with Gasteiger partial charge >= 0.3 is 234 Å². The predicted octanol–water partition coefficient (Wildman–Crippen LogP) is 6.56. The van der Waals surface area contributed by atoms with Crippen molar-refractivity contribution < 1.29 is 13.5 Å². The number of aromatic nitrogens is 2. The van der Waals surface area contributed by atoms with Gasteiger partial charge in [-0.05, 0) is 0 Å². The Morgan fingerprint density at radius 3 is 2.76 bits per heavy atom. The first-order chi connectivity index (χ1) is 17.7. The summed E-state index contributed by atoms with van der Waals surface area (Å²) in [4.78, 5) is 9.51. The average molecular weight is 692 g/mol. The molecule has 37 heavy (non-hydrogen) atoms. The number of rotatable bonds is 8. The summed E-state index contributed by atoms with van der Waals surface area (Å²) in [5, 5.41) is 3.49. The van der Waals surface area contributed by atoms with Gasteiger partial charge in [0.15, 0.2) is 0 Å². The molecular weight excluding hydrogens is 661 g/mol. The van der Waals surface area contributed by atoms with Crippen LogP contribution in [0, 0.1) is 19.7 Å². The molecule has 0 bridgehead atoms. The van der Waals surface area contributed by atoms with Crippen LogP contribution in [0.2, 0.25) is 0 Å². The van der Waals surface area contributed by atoms with Gasteiger partial charge in [-0.25, -0.2) is 0 Å². The predicted molar refractivity (Wildman–Crippen MR) is 147 cm³/mol. The normalized spacial score (nSPS) is 15.5. The van der Waals surface area contributed by atoms with E-state index >= 15 is 4.39 Å². The molecule has 3 radical (unpaired) electrons. The number of benzene rings is 2. The molecule has 1 aliphatic rings. The number of pyridine rings is 1. The van der Waals surface area contributed by atoms with Gasteiger partial charge in [0.05, 0.1) is 0 Å². The second-order valence-electron chi connectivity index (χ2n) is 9.89. The van der Waals surface area contributed by atoms with E-state index in [4.69, 9.17) is 14.1 Å². The molecule has 5 rings (SSSR count). The Hall–Kier alpha value is -2.75. The Morgan fingerprint density at radius 1 is 1.19 bits per heavy atom. The van der Waals surface area contributed by atoms with Crippen molar-refractivity contribution in [3.8, 4) is 17.0 Å². The van der Waals surface area contributed by atoms with E-state index < -0.39 is 0 Å². The number of hydrogen-bond donors (Lipinski definition) is 1. The van der Waals surface area contributed by atoms with Gasteiger partial charge < -0.3 is 0 Å². The number of ether oxygens (including phenoxy) is 1. The second kappa shape index (κ2) is 10.6. The Balaban J connectivity index is 1.39. The topological polar surface area (TPSA) is 60.2 Å². The van der Waals surface area contributed by atoms with Crippen LogP contribution in [0.5, 0.6) is 5.75 Å². The van der Waals surface area contributed by atoms with E-state index in [1.165, 1.54) is 0 Å². The fourth-order valence-corrected chi connectivity index (χ4v) is 5.60. The third-order valence-corrected chi connectivity index (χ3v) is 8.93. The van der Waals surface area contributed by atoms with Crippen molar-refractivity contribution in [1.29, 1.82) is 0 Å². The first-order valence-electron chi connectivity index (χ1n) is 12.7. The SMILES string of the molecule is C=C(NC[CH]([Pb])c1cc2c(c(-c3cc(C)c(C)cc3F)n1)OCC2C)c1ccc2nc(CCC)oc2c1. The summed E-state index contributed by atoms with van der Waals surface area (Å²) in [6, 6.07) is 11.6. The third kappa shape index (κ3) is 5.17. The van der Waals surface area contributed by atoms with Gasteiger partial charge in [-0.2, -0.15) is 0 Å². The van der Waals surface area contributed by atoms with Gasteiger partial charge in [-0.1, -0.05) is 0 Å². The molecule has 0 saturated carbocycles. The molecule has 4 aromatic rings. The molecule has 1 aliphatic heterocycles. The van der Waals surface area contributed by atoms with E-state index in [-0.39, 0.29) is 15.2 Å². The molecule has 2 atom stereocenters. The average Bonchev–Trinajstić information content (AvgIpc) is 3.46. The summed E-state index contributed by atoms with van der Waals surface area (Å²) in [7, 11) is 0. The molecule has 0 saturated heterocycles. The quantitative estimate of drug-likeness (QED) is 0.212. The summed E-state index contributed by atoms with van der Waals surface area (Å²) in [6.07, 6.45) is 1.83. The third-order valence-electron chi connectivity index (χ3n) is 6.99. The van der Waals surface area contributed by atoms with Gasteiger partial charge in [0.2, 0.25) is 0 Å². The number of fused-ring (bicyclic) bond motifs is 2. The summed E-state index contributed by atoms with van der Waals surface area (Å²) >= 11 is 0.873. The Labute approximate surface area is 233 Å². The number of nitrogens with zero attached hydrogens (tertiary/aromatic N) is 2. The maximum absolute atomic E-state index is 15.1. The van der Waals surface area contributed by atoms with Crippen LogP contribution in [0.3, 0.4) is 0 Å². The zero-order valence-electron chi connectivity index (χ0n) is 21.7. The summed E-state index contributed by atoms with van der Waals surface area (Å²) in [6.45, 7) is 13.7. The fourth-order valence-electron chi connectivity index (χ4n) is 4.63. The molecule has 3 heterocycles. The fraction of sp³-hybridized carbons (Fsp3) is 0.333. The summed E-state index contributed by atoms with van der Waals surface area (Å²) < 4.78 is 27.2. The molecule has 2 aromatic carbocycles. The molecule has 0 spiro atoms.